The van der Waals surface area contributed by atoms with Gasteiger partial charge in [0, 0.05) is 0 Å². The molecule has 0 aromatic rings. The topological polar surface area (TPSA) is 20.2 Å². The van der Waals surface area contributed by atoms with Crippen LogP contribution in [0.5, 0.6) is 0 Å². The van der Waals surface area contributed by atoms with Crippen molar-refractivity contribution in [1.29, 1.82) is 0 Å². The zero-order valence-electron chi connectivity index (χ0n) is 10.3. The Bertz CT molecular complexity index is 275. The Morgan fingerprint density at radius 1 is 1.20 bits per heavy atom. The molecule has 0 aliphatic heterocycles. The highest BCUT2D eigenvalue weighted by Gasteiger charge is 2.44. The third-order valence-corrected chi connectivity index (χ3v) is 4.71. The van der Waals surface area contributed by atoms with Gasteiger partial charge < -0.3 is 5.11 Å². The molecular weight excluding hydrogens is 184 g/mol. The largest absolute Gasteiger partial charge is 0.390 e. The van der Waals surface area contributed by atoms with Crippen LogP contribution in [0.3, 0.4) is 0 Å². The van der Waals surface area contributed by atoms with E-state index < -0.39 is 5.60 Å². The van der Waals surface area contributed by atoms with E-state index in [1.54, 1.807) is 0 Å². The highest BCUT2D eigenvalue weighted by Crippen LogP contribution is 2.52. The Kier molecular flexibility index (Phi) is 2.50. The Morgan fingerprint density at radius 2 is 1.87 bits per heavy atom. The zero-order chi connectivity index (χ0) is 11.3. The molecule has 2 fully saturated rings. The summed E-state index contributed by atoms with van der Waals surface area (Å²) < 4.78 is 0. The van der Waals surface area contributed by atoms with Crippen molar-refractivity contribution in [2.45, 2.75) is 58.5 Å². The third kappa shape index (κ3) is 1.99. The lowest BCUT2D eigenvalue weighted by molar-refractivity contribution is 0.0338. The quantitative estimate of drug-likeness (QED) is 0.604. The predicted octanol–water partition coefficient (Wildman–Crippen LogP) is 3.53. The van der Waals surface area contributed by atoms with Crippen LogP contribution < -0.4 is 0 Å². The van der Waals surface area contributed by atoms with Crippen molar-refractivity contribution in [1.82, 2.24) is 0 Å². The maximum atomic E-state index is 10.2. The van der Waals surface area contributed by atoms with Crippen LogP contribution in [0.2, 0.25) is 0 Å². The second kappa shape index (κ2) is 3.35. The summed E-state index contributed by atoms with van der Waals surface area (Å²) in [5.41, 5.74) is 1.36. The van der Waals surface area contributed by atoms with E-state index in [0.717, 1.165) is 19.3 Å². The molecule has 0 aromatic carbocycles. The Labute approximate surface area is 93.6 Å². The van der Waals surface area contributed by atoms with E-state index in [1.807, 2.05) is 6.92 Å². The molecular formula is C14H24O. The first-order chi connectivity index (χ1) is 6.82. The molecule has 2 aliphatic rings. The van der Waals surface area contributed by atoms with Gasteiger partial charge in [0.05, 0.1) is 5.60 Å². The number of rotatable bonds is 0. The number of fused-ring (bicyclic) bond motifs is 2. The molecule has 1 heteroatoms. The highest BCUT2D eigenvalue weighted by atomic mass is 16.3. The number of hydrogen-bond acceptors (Lipinski definition) is 1. The summed E-state index contributed by atoms with van der Waals surface area (Å²) in [6.07, 6.45) is 5.50. The molecule has 86 valence electrons. The molecule has 0 radical (unpaired) electrons. The molecule has 15 heavy (non-hydrogen) atoms. The number of allylic oxidation sites excluding steroid dienone is 1. The van der Waals surface area contributed by atoms with Crippen molar-refractivity contribution < 1.29 is 5.11 Å². The summed E-state index contributed by atoms with van der Waals surface area (Å²) in [6, 6.07) is 0. The molecule has 1 nitrogen and oxygen atoms in total. The second-order valence-electron chi connectivity index (χ2n) is 6.59. The van der Waals surface area contributed by atoms with Gasteiger partial charge in [-0.3, -0.25) is 0 Å². The highest BCUT2D eigenvalue weighted by molar-refractivity contribution is 5.16. The van der Waals surface area contributed by atoms with E-state index in [9.17, 15) is 5.11 Å². The lowest BCUT2D eigenvalue weighted by Gasteiger charge is -2.43. The van der Waals surface area contributed by atoms with Gasteiger partial charge in [-0.15, -0.1) is 0 Å². The molecule has 0 spiro atoms. The first kappa shape index (κ1) is 11.2. The molecule has 0 amide bonds. The minimum absolute atomic E-state index is 0.397. The minimum atomic E-state index is -0.456. The summed E-state index contributed by atoms with van der Waals surface area (Å²) in [4.78, 5) is 0. The van der Waals surface area contributed by atoms with E-state index >= 15 is 0 Å². The zero-order valence-corrected chi connectivity index (χ0v) is 10.3. The first-order valence-corrected chi connectivity index (χ1v) is 6.23. The molecule has 2 saturated carbocycles. The van der Waals surface area contributed by atoms with Crippen molar-refractivity contribution in [2.75, 3.05) is 0 Å². The maximum absolute atomic E-state index is 10.2. The predicted molar refractivity (Wildman–Crippen MR) is 63.6 cm³/mol. The molecule has 0 unspecified atom stereocenters. The van der Waals surface area contributed by atoms with Gasteiger partial charge in [0.1, 0.15) is 0 Å². The lowest BCUT2D eigenvalue weighted by Crippen LogP contribution is -2.33. The molecule has 3 atom stereocenters. The van der Waals surface area contributed by atoms with Crippen LogP contribution in [0, 0.1) is 17.3 Å². The van der Waals surface area contributed by atoms with Crippen LogP contribution in [-0.2, 0) is 0 Å². The van der Waals surface area contributed by atoms with Gasteiger partial charge in [0.15, 0.2) is 0 Å². The molecule has 2 rings (SSSR count). The van der Waals surface area contributed by atoms with E-state index in [2.05, 4.69) is 20.4 Å². The summed E-state index contributed by atoms with van der Waals surface area (Å²) >= 11 is 0. The van der Waals surface area contributed by atoms with Crippen LogP contribution in [-0.4, -0.2) is 10.7 Å². The van der Waals surface area contributed by atoms with Crippen molar-refractivity contribution >= 4 is 0 Å². The molecule has 0 saturated heterocycles. The third-order valence-electron chi connectivity index (χ3n) is 4.71. The molecule has 0 heterocycles. The summed E-state index contributed by atoms with van der Waals surface area (Å²) in [6.45, 7) is 11.0. The summed E-state index contributed by atoms with van der Waals surface area (Å²) in [7, 11) is 0. The Balaban J connectivity index is 2.27. The molecule has 2 aliphatic carbocycles. The van der Waals surface area contributed by atoms with Gasteiger partial charge in [0.25, 0.3) is 0 Å². The fourth-order valence-corrected chi connectivity index (χ4v) is 3.59. The molecule has 2 bridgehead atoms. The monoisotopic (exact) mass is 208 g/mol. The van der Waals surface area contributed by atoms with E-state index in [1.165, 1.54) is 18.4 Å². The van der Waals surface area contributed by atoms with Crippen molar-refractivity contribution in [3.8, 4) is 0 Å². The Hall–Kier alpha value is -0.300. The molecule has 0 aromatic heterocycles. The average molecular weight is 208 g/mol. The van der Waals surface area contributed by atoms with Gasteiger partial charge in [-0.05, 0) is 56.3 Å². The van der Waals surface area contributed by atoms with E-state index in [-0.39, 0.29) is 0 Å². The van der Waals surface area contributed by atoms with Gasteiger partial charge >= 0.3 is 0 Å². The van der Waals surface area contributed by atoms with Crippen LogP contribution in [0.15, 0.2) is 12.2 Å². The standard InChI is InChI=1S/C14H24O/c1-10-11-5-7-13(2,3)12(10)6-8-14(4,15)9-11/h11-12,15H,1,5-9H2,2-4H3/t11-,12+,14+/m1/s1. The normalized spacial score (nSPS) is 44.9. The van der Waals surface area contributed by atoms with Crippen LogP contribution in [0.25, 0.3) is 0 Å². The fourth-order valence-electron chi connectivity index (χ4n) is 3.59. The number of hydrogen-bond donors (Lipinski definition) is 1. The summed E-state index contributed by atoms with van der Waals surface area (Å²) in [5, 5.41) is 10.2. The van der Waals surface area contributed by atoms with Gasteiger partial charge in [-0.25, -0.2) is 0 Å². The van der Waals surface area contributed by atoms with E-state index in [0.29, 0.717) is 17.3 Å². The first-order valence-electron chi connectivity index (χ1n) is 6.23. The maximum Gasteiger partial charge on any atom is 0.0625 e. The molecule has 1 N–H and O–H groups in total. The van der Waals surface area contributed by atoms with Gasteiger partial charge in [0.2, 0.25) is 0 Å². The minimum Gasteiger partial charge on any atom is -0.390 e. The van der Waals surface area contributed by atoms with Crippen molar-refractivity contribution in [3.05, 3.63) is 12.2 Å². The van der Waals surface area contributed by atoms with Crippen molar-refractivity contribution in [2.24, 2.45) is 17.3 Å². The van der Waals surface area contributed by atoms with Gasteiger partial charge in [-0.2, -0.15) is 0 Å². The van der Waals surface area contributed by atoms with Crippen LogP contribution >= 0.6 is 0 Å². The van der Waals surface area contributed by atoms with Crippen LogP contribution in [0.4, 0.5) is 0 Å². The Morgan fingerprint density at radius 3 is 2.53 bits per heavy atom. The van der Waals surface area contributed by atoms with Crippen LogP contribution in [0.1, 0.15) is 52.9 Å². The van der Waals surface area contributed by atoms with Crippen molar-refractivity contribution in [3.63, 3.8) is 0 Å². The lowest BCUT2D eigenvalue weighted by atomic mass is 9.62. The number of aliphatic hydroxyl groups is 1. The average Bonchev–Trinajstić information content (AvgIpc) is 2.16. The van der Waals surface area contributed by atoms with Gasteiger partial charge in [-0.1, -0.05) is 26.0 Å². The SMILES string of the molecule is C=C1[C@@H]2CCC(C)(C)[C@H]1CC[C@](C)(O)C2. The van der Waals surface area contributed by atoms with E-state index in [4.69, 9.17) is 0 Å². The smallest absolute Gasteiger partial charge is 0.0625 e. The summed E-state index contributed by atoms with van der Waals surface area (Å²) in [5.74, 6) is 1.20. The second-order valence-corrected chi connectivity index (χ2v) is 6.59. The fraction of sp³-hybridized carbons (Fsp3) is 0.857.